The molecule has 0 bridgehead atoms. The van der Waals surface area contributed by atoms with Crippen LogP contribution in [0.2, 0.25) is 0 Å². The number of hydrogen-bond acceptors (Lipinski definition) is 6. The zero-order valence-corrected chi connectivity index (χ0v) is 18.2. The van der Waals surface area contributed by atoms with Crippen LogP contribution in [0.25, 0.3) is 11.3 Å². The summed E-state index contributed by atoms with van der Waals surface area (Å²) in [6.07, 6.45) is 0. The van der Waals surface area contributed by atoms with Crippen molar-refractivity contribution in [1.82, 2.24) is 10.3 Å². The standard InChI is InChI=1S/C19H16BrN3O3S2/c1-25-14-4-3-5-15(26-2)16(14)17(24)22-18(27)23-19-21-13(10-28-19)11-6-8-12(20)9-7-11/h3-10H,1-2H3,(H2,21,22,23,24,27). The van der Waals surface area contributed by atoms with Gasteiger partial charge in [0.1, 0.15) is 17.1 Å². The molecule has 0 radical (unpaired) electrons. The average Bonchev–Trinajstić information content (AvgIpc) is 3.15. The summed E-state index contributed by atoms with van der Waals surface area (Å²) < 4.78 is 11.5. The minimum atomic E-state index is -0.434. The Hall–Kier alpha value is -2.49. The normalized spacial score (nSPS) is 10.2. The van der Waals surface area contributed by atoms with Crippen LogP contribution in [0.3, 0.4) is 0 Å². The maximum absolute atomic E-state index is 12.6. The summed E-state index contributed by atoms with van der Waals surface area (Å²) in [5, 5.41) is 8.20. The summed E-state index contributed by atoms with van der Waals surface area (Å²) >= 11 is 10.1. The molecule has 3 rings (SSSR count). The largest absolute Gasteiger partial charge is 0.496 e. The van der Waals surface area contributed by atoms with E-state index in [9.17, 15) is 4.79 Å². The number of hydrogen-bond donors (Lipinski definition) is 2. The molecular weight excluding hydrogens is 462 g/mol. The third kappa shape index (κ3) is 4.67. The molecule has 2 aromatic carbocycles. The van der Waals surface area contributed by atoms with Crippen molar-refractivity contribution in [3.05, 3.63) is 57.9 Å². The number of nitrogens with one attached hydrogen (secondary N) is 2. The van der Waals surface area contributed by atoms with Crippen LogP contribution in [0, 0.1) is 0 Å². The van der Waals surface area contributed by atoms with Crippen LogP contribution in [-0.2, 0) is 0 Å². The van der Waals surface area contributed by atoms with Crippen molar-refractivity contribution in [1.29, 1.82) is 0 Å². The van der Waals surface area contributed by atoms with Gasteiger partial charge in [0, 0.05) is 15.4 Å². The highest BCUT2D eigenvalue weighted by Gasteiger charge is 2.19. The molecule has 0 saturated heterocycles. The number of ether oxygens (including phenoxy) is 2. The van der Waals surface area contributed by atoms with Crippen LogP contribution in [0.15, 0.2) is 52.3 Å². The Kier molecular flexibility index (Phi) is 6.61. The van der Waals surface area contributed by atoms with Gasteiger partial charge in [-0.05, 0) is 36.5 Å². The van der Waals surface area contributed by atoms with E-state index in [4.69, 9.17) is 21.7 Å². The van der Waals surface area contributed by atoms with Gasteiger partial charge in [0.05, 0.1) is 19.9 Å². The maximum atomic E-state index is 12.6. The number of anilines is 1. The molecule has 0 aliphatic rings. The van der Waals surface area contributed by atoms with Crippen LogP contribution >= 0.6 is 39.5 Å². The molecule has 0 fully saturated rings. The Labute approximate surface area is 180 Å². The van der Waals surface area contributed by atoms with Gasteiger partial charge in [-0.2, -0.15) is 0 Å². The second kappa shape index (κ2) is 9.13. The van der Waals surface area contributed by atoms with Crippen LogP contribution < -0.4 is 20.1 Å². The van der Waals surface area contributed by atoms with Crippen LogP contribution in [0.5, 0.6) is 11.5 Å². The minimum Gasteiger partial charge on any atom is -0.496 e. The third-order valence-electron chi connectivity index (χ3n) is 3.75. The summed E-state index contributed by atoms with van der Waals surface area (Å²) in [4.78, 5) is 17.1. The van der Waals surface area contributed by atoms with E-state index < -0.39 is 5.91 Å². The monoisotopic (exact) mass is 477 g/mol. The molecule has 0 aliphatic heterocycles. The Bertz CT molecular complexity index is 984. The molecule has 9 heteroatoms. The van der Waals surface area contributed by atoms with E-state index in [1.165, 1.54) is 25.6 Å². The number of nitrogens with zero attached hydrogens (tertiary/aromatic N) is 1. The molecule has 0 atom stereocenters. The zero-order chi connectivity index (χ0) is 20.1. The topological polar surface area (TPSA) is 72.5 Å². The lowest BCUT2D eigenvalue weighted by Crippen LogP contribution is -2.34. The van der Waals surface area contributed by atoms with E-state index in [-0.39, 0.29) is 10.7 Å². The fourth-order valence-corrected chi connectivity index (χ4v) is 3.70. The molecule has 144 valence electrons. The minimum absolute atomic E-state index is 0.134. The quantitative estimate of drug-likeness (QED) is 0.518. The van der Waals surface area contributed by atoms with Gasteiger partial charge in [0.25, 0.3) is 5.91 Å². The highest BCUT2D eigenvalue weighted by molar-refractivity contribution is 9.10. The van der Waals surface area contributed by atoms with Crippen molar-refractivity contribution in [2.75, 3.05) is 19.5 Å². The SMILES string of the molecule is COc1cccc(OC)c1C(=O)NC(=S)Nc1nc(-c2ccc(Br)cc2)cs1. The molecule has 0 spiro atoms. The van der Waals surface area contributed by atoms with E-state index in [2.05, 4.69) is 31.5 Å². The number of carbonyl (C=O) groups is 1. The Morgan fingerprint density at radius 2 is 1.75 bits per heavy atom. The number of halogens is 1. The average molecular weight is 478 g/mol. The summed E-state index contributed by atoms with van der Waals surface area (Å²) in [6, 6.07) is 12.9. The number of carbonyl (C=O) groups excluding carboxylic acids is 1. The molecular formula is C19H16BrN3O3S2. The van der Waals surface area contributed by atoms with Gasteiger partial charge in [-0.25, -0.2) is 4.98 Å². The smallest absolute Gasteiger partial charge is 0.264 e. The third-order valence-corrected chi connectivity index (χ3v) is 5.24. The second-order valence-electron chi connectivity index (χ2n) is 5.49. The van der Waals surface area contributed by atoms with E-state index in [1.54, 1.807) is 18.2 Å². The Morgan fingerprint density at radius 3 is 2.36 bits per heavy atom. The number of methoxy groups -OCH3 is 2. The maximum Gasteiger partial charge on any atom is 0.264 e. The Morgan fingerprint density at radius 1 is 1.11 bits per heavy atom. The Balaban J connectivity index is 1.70. The lowest BCUT2D eigenvalue weighted by atomic mass is 10.1. The van der Waals surface area contributed by atoms with Gasteiger partial charge in [-0.3, -0.25) is 10.1 Å². The van der Waals surface area contributed by atoms with Crippen molar-refractivity contribution in [3.8, 4) is 22.8 Å². The lowest BCUT2D eigenvalue weighted by Gasteiger charge is -2.13. The van der Waals surface area contributed by atoms with Crippen molar-refractivity contribution in [2.45, 2.75) is 0 Å². The molecule has 0 unspecified atom stereocenters. The van der Waals surface area contributed by atoms with E-state index in [0.717, 1.165) is 15.7 Å². The van der Waals surface area contributed by atoms with Crippen molar-refractivity contribution < 1.29 is 14.3 Å². The van der Waals surface area contributed by atoms with E-state index >= 15 is 0 Å². The number of rotatable bonds is 5. The number of thiocarbonyl (C=S) groups is 1. The van der Waals surface area contributed by atoms with E-state index in [1.807, 2.05) is 29.6 Å². The van der Waals surface area contributed by atoms with Gasteiger partial charge in [0.2, 0.25) is 0 Å². The molecule has 2 N–H and O–H groups in total. The molecule has 1 amide bonds. The molecule has 1 heterocycles. The van der Waals surface area contributed by atoms with Crippen LogP contribution in [0.1, 0.15) is 10.4 Å². The van der Waals surface area contributed by atoms with Gasteiger partial charge in [-0.15, -0.1) is 11.3 Å². The first kappa shape index (κ1) is 20.2. The number of aromatic nitrogens is 1. The van der Waals surface area contributed by atoms with Crippen LogP contribution in [0.4, 0.5) is 5.13 Å². The van der Waals surface area contributed by atoms with Crippen molar-refractivity contribution in [2.24, 2.45) is 0 Å². The first-order valence-electron chi connectivity index (χ1n) is 8.06. The highest BCUT2D eigenvalue weighted by atomic mass is 79.9. The predicted molar refractivity (Wildman–Crippen MR) is 118 cm³/mol. The van der Waals surface area contributed by atoms with Crippen molar-refractivity contribution >= 4 is 55.6 Å². The molecule has 28 heavy (non-hydrogen) atoms. The fourth-order valence-electron chi connectivity index (χ4n) is 2.45. The number of thiazole rings is 1. The fraction of sp³-hybridized carbons (Fsp3) is 0.105. The summed E-state index contributed by atoms with van der Waals surface area (Å²) in [6.45, 7) is 0. The molecule has 6 nitrogen and oxygen atoms in total. The van der Waals surface area contributed by atoms with Crippen molar-refractivity contribution in [3.63, 3.8) is 0 Å². The first-order chi connectivity index (χ1) is 13.5. The van der Waals surface area contributed by atoms with Gasteiger partial charge in [0.15, 0.2) is 10.2 Å². The molecule has 0 saturated carbocycles. The lowest BCUT2D eigenvalue weighted by molar-refractivity contribution is 0.0971. The molecule has 3 aromatic rings. The highest BCUT2D eigenvalue weighted by Crippen LogP contribution is 2.28. The van der Waals surface area contributed by atoms with Gasteiger partial charge >= 0.3 is 0 Å². The number of benzene rings is 2. The molecule has 1 aromatic heterocycles. The van der Waals surface area contributed by atoms with Crippen LogP contribution in [-0.4, -0.2) is 30.2 Å². The molecule has 0 aliphatic carbocycles. The van der Waals surface area contributed by atoms with E-state index in [0.29, 0.717) is 16.6 Å². The predicted octanol–water partition coefficient (Wildman–Crippen LogP) is 4.72. The van der Waals surface area contributed by atoms with Gasteiger partial charge in [-0.1, -0.05) is 34.1 Å². The summed E-state index contributed by atoms with van der Waals surface area (Å²) in [7, 11) is 2.97. The first-order valence-corrected chi connectivity index (χ1v) is 10.1. The number of amides is 1. The summed E-state index contributed by atoms with van der Waals surface area (Å²) in [5.41, 5.74) is 2.08. The summed E-state index contributed by atoms with van der Waals surface area (Å²) in [5.74, 6) is 0.356. The second-order valence-corrected chi connectivity index (χ2v) is 7.67. The van der Waals surface area contributed by atoms with Gasteiger partial charge < -0.3 is 14.8 Å². The zero-order valence-electron chi connectivity index (χ0n) is 15.0.